The number of amides is 2. The average molecular weight is 345 g/mol. The van der Waals surface area contributed by atoms with Crippen LogP contribution in [-0.4, -0.2) is 36.2 Å². The zero-order valence-electron chi connectivity index (χ0n) is 10.8. The van der Waals surface area contributed by atoms with Crippen LogP contribution in [0.4, 0.5) is 10.5 Å². The van der Waals surface area contributed by atoms with Crippen molar-refractivity contribution in [3.8, 4) is 0 Å². The zero-order valence-corrected chi connectivity index (χ0v) is 12.4. The van der Waals surface area contributed by atoms with Gasteiger partial charge in [0.15, 0.2) is 0 Å². The Morgan fingerprint density at radius 3 is 2.55 bits per heavy atom. The number of carboxylic acid groups (broad SMARTS) is 1. The summed E-state index contributed by atoms with van der Waals surface area (Å²) in [6.45, 7) is 1.47. The highest BCUT2D eigenvalue weighted by Gasteiger charge is 2.16. The summed E-state index contributed by atoms with van der Waals surface area (Å²) in [5, 5.41) is 13.7. The molecule has 0 aromatic heterocycles. The summed E-state index contributed by atoms with van der Waals surface area (Å²) in [5.41, 5.74) is 0.309. The van der Waals surface area contributed by atoms with Crippen LogP contribution in [0.25, 0.3) is 0 Å². The first-order chi connectivity index (χ1) is 9.35. The minimum Gasteiger partial charge on any atom is -0.478 e. The fraction of sp³-hybridized carbons (Fsp3) is 0.250. The number of methoxy groups -OCH3 is 1. The molecule has 0 radical (unpaired) electrons. The van der Waals surface area contributed by atoms with Gasteiger partial charge >= 0.3 is 18.0 Å². The van der Waals surface area contributed by atoms with Crippen molar-refractivity contribution in [2.24, 2.45) is 0 Å². The maximum absolute atomic E-state index is 11.7. The normalized spacial score (nSPS) is 11.3. The average Bonchev–Trinajstić information content (AvgIpc) is 2.39. The van der Waals surface area contributed by atoms with Crippen molar-refractivity contribution in [3.63, 3.8) is 0 Å². The molecule has 0 fully saturated rings. The summed E-state index contributed by atoms with van der Waals surface area (Å²) in [4.78, 5) is 33.7. The first-order valence-electron chi connectivity index (χ1n) is 5.53. The number of benzene rings is 1. The monoisotopic (exact) mass is 344 g/mol. The molecule has 2 amide bonds. The molecule has 0 saturated carbocycles. The number of carbonyl (C=O) groups excluding carboxylic acids is 2. The van der Waals surface area contributed by atoms with Gasteiger partial charge in [-0.25, -0.2) is 14.4 Å². The Balaban J connectivity index is 2.77. The van der Waals surface area contributed by atoms with Crippen LogP contribution < -0.4 is 10.6 Å². The van der Waals surface area contributed by atoms with Gasteiger partial charge < -0.3 is 20.5 Å². The van der Waals surface area contributed by atoms with E-state index in [-0.39, 0.29) is 11.3 Å². The van der Waals surface area contributed by atoms with Gasteiger partial charge in [0.25, 0.3) is 0 Å². The number of hydrogen-bond acceptors (Lipinski definition) is 4. The predicted octanol–water partition coefficient (Wildman–Crippen LogP) is 1.83. The van der Waals surface area contributed by atoms with E-state index in [4.69, 9.17) is 5.11 Å². The number of esters is 1. The lowest BCUT2D eigenvalue weighted by atomic mass is 10.2. The van der Waals surface area contributed by atoms with E-state index in [1.807, 2.05) is 0 Å². The van der Waals surface area contributed by atoms with Crippen molar-refractivity contribution in [3.05, 3.63) is 28.2 Å². The van der Waals surface area contributed by atoms with Gasteiger partial charge in [-0.3, -0.25) is 0 Å². The lowest BCUT2D eigenvalue weighted by Crippen LogP contribution is -2.41. The van der Waals surface area contributed by atoms with Crippen LogP contribution in [-0.2, 0) is 9.53 Å². The van der Waals surface area contributed by atoms with Gasteiger partial charge in [-0.05, 0) is 41.1 Å². The second-order valence-corrected chi connectivity index (χ2v) is 4.70. The summed E-state index contributed by atoms with van der Waals surface area (Å²) >= 11 is 3.19. The highest BCUT2D eigenvalue weighted by atomic mass is 79.9. The number of rotatable bonds is 4. The van der Waals surface area contributed by atoms with Crippen molar-refractivity contribution in [2.75, 3.05) is 12.4 Å². The first kappa shape index (κ1) is 16.0. The molecule has 1 aromatic rings. The zero-order chi connectivity index (χ0) is 15.3. The second-order valence-electron chi connectivity index (χ2n) is 3.84. The minimum absolute atomic E-state index is 0.0320. The molecule has 0 spiro atoms. The van der Waals surface area contributed by atoms with E-state index < -0.39 is 24.0 Å². The third-order valence-electron chi connectivity index (χ3n) is 2.36. The van der Waals surface area contributed by atoms with E-state index >= 15 is 0 Å². The van der Waals surface area contributed by atoms with E-state index in [1.54, 1.807) is 0 Å². The highest BCUT2D eigenvalue weighted by molar-refractivity contribution is 9.10. The Hall–Kier alpha value is -2.09. The molecule has 108 valence electrons. The molecule has 0 heterocycles. The summed E-state index contributed by atoms with van der Waals surface area (Å²) in [5.74, 6) is -1.69. The molecule has 0 saturated heterocycles. The predicted molar refractivity (Wildman–Crippen MR) is 74.7 cm³/mol. The number of urea groups is 1. The van der Waals surface area contributed by atoms with Crippen molar-refractivity contribution >= 4 is 39.6 Å². The van der Waals surface area contributed by atoms with Crippen LogP contribution in [0.2, 0.25) is 0 Å². The van der Waals surface area contributed by atoms with Crippen molar-refractivity contribution < 1.29 is 24.2 Å². The first-order valence-corrected chi connectivity index (χ1v) is 6.32. The maximum atomic E-state index is 11.7. The molecule has 7 nitrogen and oxygen atoms in total. The van der Waals surface area contributed by atoms with Crippen molar-refractivity contribution in [1.29, 1.82) is 0 Å². The van der Waals surface area contributed by atoms with Crippen LogP contribution in [0.5, 0.6) is 0 Å². The highest BCUT2D eigenvalue weighted by Crippen LogP contribution is 2.23. The van der Waals surface area contributed by atoms with Crippen LogP contribution in [0.3, 0.4) is 0 Å². The molecule has 0 bridgehead atoms. The van der Waals surface area contributed by atoms with E-state index in [9.17, 15) is 14.4 Å². The number of nitrogens with one attached hydrogen (secondary N) is 2. The molecule has 8 heteroatoms. The van der Waals surface area contributed by atoms with Gasteiger partial charge in [0, 0.05) is 4.47 Å². The van der Waals surface area contributed by atoms with Crippen LogP contribution in [0.1, 0.15) is 17.3 Å². The molecule has 1 rings (SSSR count). The summed E-state index contributed by atoms with van der Waals surface area (Å²) in [7, 11) is 1.21. The molecule has 3 N–H and O–H groups in total. The fourth-order valence-corrected chi connectivity index (χ4v) is 1.69. The summed E-state index contributed by atoms with van der Waals surface area (Å²) < 4.78 is 4.99. The standard InChI is InChI=1S/C12H13BrN2O5/c1-6(11(18)20-2)14-12(19)15-9-5-7(10(16)17)3-4-8(9)13/h3-6H,1-2H3,(H,16,17)(H2,14,15,19). The number of ether oxygens (including phenoxy) is 1. The summed E-state index contributed by atoms with van der Waals surface area (Å²) in [6, 6.07) is 2.73. The lowest BCUT2D eigenvalue weighted by Gasteiger charge is -2.13. The topological polar surface area (TPSA) is 105 Å². The van der Waals surface area contributed by atoms with Gasteiger partial charge in [0.1, 0.15) is 6.04 Å². The smallest absolute Gasteiger partial charge is 0.335 e. The third kappa shape index (κ3) is 4.23. The summed E-state index contributed by atoms with van der Waals surface area (Å²) in [6.07, 6.45) is 0. The SMILES string of the molecule is COC(=O)C(C)NC(=O)Nc1cc(C(=O)O)ccc1Br. The van der Waals surface area contributed by atoms with E-state index in [0.717, 1.165) is 0 Å². The number of hydrogen-bond donors (Lipinski definition) is 3. The molecule has 0 aliphatic heterocycles. The lowest BCUT2D eigenvalue weighted by molar-refractivity contribution is -0.142. The Morgan fingerprint density at radius 1 is 1.35 bits per heavy atom. The molecule has 0 aliphatic carbocycles. The number of halogens is 1. The van der Waals surface area contributed by atoms with E-state index in [0.29, 0.717) is 4.47 Å². The van der Waals surface area contributed by atoms with E-state index in [2.05, 4.69) is 31.3 Å². The van der Waals surface area contributed by atoms with Crippen LogP contribution >= 0.6 is 15.9 Å². The number of carboxylic acids is 1. The van der Waals surface area contributed by atoms with Gasteiger partial charge in [-0.1, -0.05) is 0 Å². The maximum Gasteiger partial charge on any atom is 0.335 e. The largest absolute Gasteiger partial charge is 0.478 e. The van der Waals surface area contributed by atoms with Crippen molar-refractivity contribution in [2.45, 2.75) is 13.0 Å². The minimum atomic E-state index is -1.11. The second kappa shape index (κ2) is 6.90. The quantitative estimate of drug-likeness (QED) is 0.722. The molecular weight excluding hydrogens is 332 g/mol. The van der Waals surface area contributed by atoms with E-state index in [1.165, 1.54) is 32.2 Å². The molecular formula is C12H13BrN2O5. The van der Waals surface area contributed by atoms with Gasteiger partial charge in [-0.15, -0.1) is 0 Å². The Bertz CT molecular complexity index is 547. The molecule has 1 unspecified atom stereocenters. The van der Waals surface area contributed by atoms with Crippen molar-refractivity contribution in [1.82, 2.24) is 5.32 Å². The Kier molecular flexibility index (Phi) is 5.51. The number of aromatic carboxylic acids is 1. The van der Waals surface area contributed by atoms with Gasteiger partial charge in [0.2, 0.25) is 0 Å². The fourth-order valence-electron chi connectivity index (χ4n) is 1.34. The van der Waals surface area contributed by atoms with Gasteiger partial charge in [-0.2, -0.15) is 0 Å². The Labute approximate surface area is 123 Å². The van der Waals surface area contributed by atoms with Gasteiger partial charge in [0.05, 0.1) is 18.4 Å². The van der Waals surface area contributed by atoms with Crippen LogP contribution in [0.15, 0.2) is 22.7 Å². The number of carbonyl (C=O) groups is 3. The molecule has 1 aromatic carbocycles. The molecule has 1 atom stereocenters. The molecule has 20 heavy (non-hydrogen) atoms. The third-order valence-corrected chi connectivity index (χ3v) is 3.06. The molecule has 0 aliphatic rings. The number of anilines is 1. The van der Waals surface area contributed by atoms with Crippen LogP contribution in [0, 0.1) is 0 Å². The Morgan fingerprint density at radius 2 is 2.00 bits per heavy atom.